The smallest absolute Gasteiger partial charge is 0.485 e. The average Bonchev–Trinajstić information content (AvgIpc) is 2.16. The predicted molar refractivity (Wildman–Crippen MR) is 62.4 cm³/mol. The number of nitrogens with zero attached hydrogens (tertiary/aromatic N) is 1. The quantitative estimate of drug-likeness (QED) is 0.386. The molecule has 0 unspecified atom stereocenters. The summed E-state index contributed by atoms with van der Waals surface area (Å²) in [7, 11) is -3.93. The number of halogens is 3. The summed E-state index contributed by atoms with van der Waals surface area (Å²) in [6, 6.07) is 0. The van der Waals surface area contributed by atoms with Crippen LogP contribution in [0.3, 0.4) is 0 Å². The van der Waals surface area contributed by atoms with Crippen molar-refractivity contribution in [1.82, 2.24) is 0 Å². The molecule has 0 radical (unpaired) electrons. The molecule has 0 atom stereocenters. The maximum Gasteiger partial charge on any atom is 0.485 e. The zero-order valence-electron chi connectivity index (χ0n) is 9.15. The van der Waals surface area contributed by atoms with Gasteiger partial charge >= 0.3 is 5.51 Å². The van der Waals surface area contributed by atoms with Gasteiger partial charge in [-0.1, -0.05) is 11.8 Å². The van der Waals surface area contributed by atoms with Crippen molar-refractivity contribution >= 4 is 38.0 Å². The number of hydrogen-bond acceptors (Lipinski definition) is 5. The van der Waals surface area contributed by atoms with Crippen molar-refractivity contribution in [3.63, 3.8) is 0 Å². The molecule has 0 spiro atoms. The van der Waals surface area contributed by atoms with Crippen LogP contribution in [0, 0.1) is 0 Å². The summed E-state index contributed by atoms with van der Waals surface area (Å²) in [6.07, 6.45) is 3.48. The van der Waals surface area contributed by atoms with E-state index in [0.717, 1.165) is 0 Å². The van der Waals surface area contributed by atoms with E-state index < -0.39 is 15.6 Å². The maximum absolute atomic E-state index is 10.7. The molecule has 17 heavy (non-hydrogen) atoms. The molecule has 0 aromatic heterocycles. The van der Waals surface area contributed by atoms with Crippen LogP contribution in [0.1, 0.15) is 6.42 Å². The van der Waals surface area contributed by atoms with Gasteiger partial charge in [0.1, 0.15) is 13.6 Å². The third-order valence-corrected chi connectivity index (χ3v) is 4.77. The SMILES string of the molecule is CSC1=[N+](C)CCCS1.O=S(=O)([O-])C(F)(F)F. The first-order valence-corrected chi connectivity index (χ1v) is 7.98. The minimum absolute atomic E-state index is 1.24. The third kappa shape index (κ3) is 6.53. The van der Waals surface area contributed by atoms with Crippen LogP contribution in [0.25, 0.3) is 0 Å². The van der Waals surface area contributed by atoms with Crippen LogP contribution >= 0.6 is 23.5 Å². The van der Waals surface area contributed by atoms with E-state index in [1.807, 2.05) is 23.5 Å². The minimum Gasteiger partial charge on any atom is -0.741 e. The van der Waals surface area contributed by atoms with Gasteiger partial charge in [-0.25, -0.2) is 13.0 Å². The largest absolute Gasteiger partial charge is 0.741 e. The van der Waals surface area contributed by atoms with Crippen molar-refractivity contribution in [2.75, 3.05) is 25.6 Å². The zero-order valence-corrected chi connectivity index (χ0v) is 11.6. The molecule has 1 aliphatic heterocycles. The normalized spacial score (nSPS) is 17.5. The molecule has 10 heteroatoms. The molecule has 1 rings (SSSR count). The van der Waals surface area contributed by atoms with Gasteiger partial charge in [-0.15, -0.1) is 0 Å². The fourth-order valence-electron chi connectivity index (χ4n) is 0.877. The molecule has 1 heterocycles. The summed E-state index contributed by atoms with van der Waals surface area (Å²) in [5.74, 6) is 1.31. The maximum atomic E-state index is 10.7. The lowest BCUT2D eigenvalue weighted by Gasteiger charge is -2.08. The Labute approximate surface area is 106 Å². The topological polar surface area (TPSA) is 60.2 Å². The van der Waals surface area contributed by atoms with Crippen molar-refractivity contribution in [1.29, 1.82) is 0 Å². The molecule has 0 aliphatic carbocycles. The predicted octanol–water partition coefficient (Wildman–Crippen LogP) is 1.54. The summed E-state index contributed by atoms with van der Waals surface area (Å²) in [5, 5.41) is 0. The molecule has 0 aromatic carbocycles. The van der Waals surface area contributed by atoms with Gasteiger partial charge in [-0.2, -0.15) is 13.2 Å². The Morgan fingerprint density at radius 2 is 1.94 bits per heavy atom. The van der Waals surface area contributed by atoms with E-state index in [-0.39, 0.29) is 0 Å². The summed E-state index contributed by atoms with van der Waals surface area (Å²) in [4.78, 5) is 0. The fourth-order valence-corrected chi connectivity index (χ4v) is 2.76. The van der Waals surface area contributed by atoms with Crippen molar-refractivity contribution in [2.24, 2.45) is 0 Å². The van der Waals surface area contributed by atoms with E-state index in [4.69, 9.17) is 13.0 Å². The summed E-state index contributed by atoms with van der Waals surface area (Å²) >= 11 is 3.84. The van der Waals surface area contributed by atoms with Gasteiger partial charge in [-0.3, -0.25) is 0 Å². The van der Waals surface area contributed by atoms with Gasteiger partial charge in [0.15, 0.2) is 10.1 Å². The molecule has 4 nitrogen and oxygen atoms in total. The highest BCUT2D eigenvalue weighted by atomic mass is 32.2. The second kappa shape index (κ2) is 6.86. The standard InChI is InChI=1S/C6H12NS2.CHF3O3S/c1-7-4-3-5-9-6(7)8-2;2-1(3,4)8(5,6)7/h3-5H2,1-2H3;(H,5,6,7)/q+1;/p-1. The summed E-state index contributed by atoms with van der Waals surface area (Å²) < 4.78 is 62.7. The van der Waals surface area contributed by atoms with E-state index >= 15 is 0 Å². The van der Waals surface area contributed by atoms with Crippen molar-refractivity contribution < 1.29 is 30.7 Å². The number of alkyl halides is 3. The van der Waals surface area contributed by atoms with Crippen molar-refractivity contribution in [3.05, 3.63) is 0 Å². The second-order valence-corrected chi connectivity index (χ2v) is 6.50. The average molecular weight is 311 g/mol. The van der Waals surface area contributed by atoms with Crippen LogP contribution in [0.4, 0.5) is 13.2 Å². The number of thioether (sulfide) groups is 2. The van der Waals surface area contributed by atoms with E-state index in [2.05, 4.69) is 17.9 Å². The summed E-state index contributed by atoms with van der Waals surface area (Å²) in [5.41, 5.74) is -5.65. The van der Waals surface area contributed by atoms with Gasteiger partial charge in [0.25, 0.3) is 4.38 Å². The Hall–Kier alpha value is 0.0700. The van der Waals surface area contributed by atoms with Crippen LogP contribution in [0.15, 0.2) is 0 Å². The molecule has 0 N–H and O–H groups in total. The van der Waals surface area contributed by atoms with Gasteiger partial charge in [-0.05, 0) is 18.0 Å². The zero-order chi connectivity index (χ0) is 13.7. The van der Waals surface area contributed by atoms with Gasteiger partial charge in [0.2, 0.25) is 0 Å². The molecule has 102 valence electrons. The van der Waals surface area contributed by atoms with Crippen molar-refractivity contribution in [2.45, 2.75) is 11.9 Å². The Morgan fingerprint density at radius 3 is 2.18 bits per heavy atom. The van der Waals surface area contributed by atoms with E-state index in [1.165, 1.54) is 23.1 Å². The lowest BCUT2D eigenvalue weighted by Crippen LogP contribution is -2.21. The molecule has 0 amide bonds. The van der Waals surface area contributed by atoms with Crippen LogP contribution < -0.4 is 0 Å². The second-order valence-electron chi connectivity index (χ2n) is 2.99. The first kappa shape index (κ1) is 17.1. The Kier molecular flexibility index (Phi) is 6.89. The molecule has 0 bridgehead atoms. The molecule has 0 fully saturated rings. The van der Waals surface area contributed by atoms with E-state index in [1.54, 1.807) is 0 Å². The summed E-state index contributed by atoms with van der Waals surface area (Å²) in [6.45, 7) is 1.24. The van der Waals surface area contributed by atoms with Crippen molar-refractivity contribution in [3.8, 4) is 0 Å². The minimum atomic E-state index is -6.09. The van der Waals surface area contributed by atoms with Crippen LogP contribution in [-0.2, 0) is 10.1 Å². The molecule has 1 aliphatic rings. The highest BCUT2D eigenvalue weighted by molar-refractivity contribution is 8.38. The van der Waals surface area contributed by atoms with E-state index in [0.29, 0.717) is 0 Å². The molecular weight excluding hydrogens is 299 g/mol. The highest BCUT2D eigenvalue weighted by Gasteiger charge is 2.36. The third-order valence-electron chi connectivity index (χ3n) is 1.63. The molecule has 0 aromatic rings. The van der Waals surface area contributed by atoms with Crippen LogP contribution in [0.2, 0.25) is 0 Å². The Morgan fingerprint density at radius 1 is 1.47 bits per heavy atom. The fraction of sp³-hybridized carbons (Fsp3) is 0.857. The molecule has 0 saturated heterocycles. The lowest BCUT2D eigenvalue weighted by molar-refractivity contribution is -0.492. The van der Waals surface area contributed by atoms with Crippen LogP contribution in [0.5, 0.6) is 0 Å². The van der Waals surface area contributed by atoms with E-state index in [9.17, 15) is 13.2 Å². The van der Waals surface area contributed by atoms with Gasteiger partial charge in [0.05, 0.1) is 0 Å². The molecule has 0 saturated carbocycles. The first-order chi connectivity index (χ1) is 7.59. The van der Waals surface area contributed by atoms with Gasteiger partial charge < -0.3 is 4.55 Å². The monoisotopic (exact) mass is 311 g/mol. The number of rotatable bonds is 0. The first-order valence-electron chi connectivity index (χ1n) is 4.36. The Balaban J connectivity index is 0.000000304. The lowest BCUT2D eigenvalue weighted by atomic mass is 10.5. The van der Waals surface area contributed by atoms with Crippen LogP contribution in [-0.4, -0.2) is 53.0 Å². The molecular formula is C7H12F3NO3S3. The number of hydrogen-bond donors (Lipinski definition) is 0. The highest BCUT2D eigenvalue weighted by Crippen LogP contribution is 2.20. The Bertz CT molecular complexity index is 378. The van der Waals surface area contributed by atoms with Gasteiger partial charge in [0, 0.05) is 12.2 Å².